The Balaban J connectivity index is 1.74. The van der Waals surface area contributed by atoms with E-state index in [1.165, 1.54) is 4.57 Å². The third-order valence-corrected chi connectivity index (χ3v) is 6.27. The van der Waals surface area contributed by atoms with Crippen LogP contribution in [0.25, 0.3) is 22.7 Å². The number of nitroso groups, excluding NO2 is 1. The molecule has 0 N–H and O–H groups in total. The smallest absolute Gasteiger partial charge is 0.332 e. The summed E-state index contributed by atoms with van der Waals surface area (Å²) in [6.07, 6.45) is 5.67. The van der Waals surface area contributed by atoms with Crippen LogP contribution in [0.15, 0.2) is 57.5 Å². The van der Waals surface area contributed by atoms with E-state index in [4.69, 9.17) is 9.72 Å². The van der Waals surface area contributed by atoms with E-state index >= 15 is 0 Å². The van der Waals surface area contributed by atoms with E-state index in [1.54, 1.807) is 17.0 Å². The number of aromatic nitrogens is 6. The van der Waals surface area contributed by atoms with Crippen LogP contribution in [0.1, 0.15) is 31.7 Å². The molecule has 0 amide bonds. The van der Waals surface area contributed by atoms with E-state index in [0.29, 0.717) is 43.0 Å². The van der Waals surface area contributed by atoms with Crippen LogP contribution in [-0.2, 0) is 19.6 Å². The number of benzene rings is 1. The normalized spacial score (nSPS) is 13.2. The number of ether oxygens (including phenoxy) is 1. The number of hydrogen-bond acceptors (Lipinski definition) is 8. The number of rotatable bonds is 11. The van der Waals surface area contributed by atoms with Crippen molar-refractivity contribution in [2.24, 2.45) is 11.1 Å². The molecule has 0 radical (unpaired) electrons. The summed E-state index contributed by atoms with van der Waals surface area (Å²) in [6.45, 7) is 3.12. The molecule has 0 saturated heterocycles. The van der Waals surface area contributed by atoms with Crippen molar-refractivity contribution >= 4 is 11.2 Å². The van der Waals surface area contributed by atoms with Crippen molar-refractivity contribution in [3.63, 3.8) is 0 Å². The van der Waals surface area contributed by atoms with Crippen molar-refractivity contribution < 1.29 is 4.74 Å². The monoisotopic (exact) mass is 489 g/mol. The summed E-state index contributed by atoms with van der Waals surface area (Å²) >= 11 is 0. The minimum absolute atomic E-state index is 0.0197. The zero-order chi connectivity index (χ0) is 25.1. The SMILES string of the molecule is CCn1c(=O)n(CCCN=O)c(=O)c2c1nc(-c1nccnc1OCC1CC1)n2Cc1ccccc1. The maximum Gasteiger partial charge on any atom is 0.332 e. The average Bonchev–Trinajstić information content (AvgIpc) is 3.66. The second-order valence-electron chi connectivity index (χ2n) is 8.83. The van der Waals surface area contributed by atoms with Crippen molar-refractivity contribution in [1.82, 2.24) is 28.7 Å². The fourth-order valence-electron chi connectivity index (χ4n) is 4.23. The summed E-state index contributed by atoms with van der Waals surface area (Å²) < 4.78 is 10.4. The third-order valence-electron chi connectivity index (χ3n) is 6.27. The van der Waals surface area contributed by atoms with Gasteiger partial charge in [0.15, 0.2) is 22.7 Å². The lowest BCUT2D eigenvalue weighted by Gasteiger charge is -2.13. The highest BCUT2D eigenvalue weighted by molar-refractivity contribution is 5.77. The molecule has 3 aromatic heterocycles. The van der Waals surface area contributed by atoms with Gasteiger partial charge in [-0.3, -0.25) is 13.9 Å². The van der Waals surface area contributed by atoms with E-state index in [9.17, 15) is 14.5 Å². The predicted octanol–water partition coefficient (Wildman–Crippen LogP) is 2.83. The molecule has 1 aliphatic carbocycles. The highest BCUT2D eigenvalue weighted by Gasteiger charge is 2.27. The van der Waals surface area contributed by atoms with Crippen molar-refractivity contribution in [2.45, 2.75) is 45.8 Å². The Morgan fingerprint density at radius 3 is 2.56 bits per heavy atom. The summed E-state index contributed by atoms with van der Waals surface area (Å²) in [7, 11) is 0. The largest absolute Gasteiger partial charge is 0.476 e. The van der Waals surface area contributed by atoms with Gasteiger partial charge in [0.1, 0.15) is 0 Å². The molecule has 0 bridgehead atoms. The van der Waals surface area contributed by atoms with Gasteiger partial charge in [0.2, 0.25) is 5.88 Å². The fraction of sp³-hybridized carbons (Fsp3) is 0.400. The molecular formula is C25H27N7O4. The molecule has 0 unspecified atom stereocenters. The van der Waals surface area contributed by atoms with Gasteiger partial charge in [0, 0.05) is 32.0 Å². The Morgan fingerprint density at radius 1 is 1.06 bits per heavy atom. The Kier molecular flexibility index (Phi) is 6.70. The summed E-state index contributed by atoms with van der Waals surface area (Å²) in [4.78, 5) is 51.2. The molecule has 11 heteroatoms. The molecule has 36 heavy (non-hydrogen) atoms. The summed E-state index contributed by atoms with van der Waals surface area (Å²) in [6, 6.07) is 9.69. The van der Waals surface area contributed by atoms with Crippen molar-refractivity contribution in [1.29, 1.82) is 0 Å². The Bertz CT molecular complexity index is 1500. The van der Waals surface area contributed by atoms with E-state index in [2.05, 4.69) is 15.1 Å². The van der Waals surface area contributed by atoms with Gasteiger partial charge in [-0.1, -0.05) is 35.5 Å². The first-order valence-electron chi connectivity index (χ1n) is 12.1. The molecule has 5 rings (SSSR count). The van der Waals surface area contributed by atoms with E-state index in [1.807, 2.05) is 37.3 Å². The standard InChI is InChI=1S/C25H27N7O4/c1-2-30-22-20(24(33)31(25(30)34)14-6-11-28-35)32(15-17-7-4-3-5-8-17)21(29-22)19-23(27-13-12-26-19)36-16-18-9-10-18/h3-5,7-8,12-13,18H,2,6,9-11,14-16H2,1H3. The topological polar surface area (TPSA) is 126 Å². The van der Waals surface area contributed by atoms with E-state index in [-0.39, 0.29) is 30.7 Å². The highest BCUT2D eigenvalue weighted by atomic mass is 16.5. The molecule has 0 aliphatic heterocycles. The van der Waals surface area contributed by atoms with Gasteiger partial charge in [0.25, 0.3) is 5.56 Å². The number of fused-ring (bicyclic) bond motifs is 1. The number of aryl methyl sites for hydroxylation is 1. The first-order chi connectivity index (χ1) is 17.6. The zero-order valence-electron chi connectivity index (χ0n) is 20.0. The molecule has 1 fully saturated rings. The highest BCUT2D eigenvalue weighted by Crippen LogP contribution is 2.32. The predicted molar refractivity (Wildman–Crippen MR) is 134 cm³/mol. The van der Waals surface area contributed by atoms with Crippen LogP contribution in [0.3, 0.4) is 0 Å². The van der Waals surface area contributed by atoms with Crippen LogP contribution in [-0.4, -0.2) is 41.8 Å². The number of nitrogens with zero attached hydrogens (tertiary/aromatic N) is 7. The molecule has 1 aliphatic rings. The first-order valence-corrected chi connectivity index (χ1v) is 12.1. The molecule has 1 aromatic carbocycles. The summed E-state index contributed by atoms with van der Waals surface area (Å²) in [5, 5.41) is 2.86. The first kappa shape index (κ1) is 23.6. The second kappa shape index (κ2) is 10.2. The quantitative estimate of drug-likeness (QED) is 0.234. The van der Waals surface area contributed by atoms with Crippen LogP contribution >= 0.6 is 0 Å². The van der Waals surface area contributed by atoms with Gasteiger partial charge in [-0.2, -0.15) is 4.91 Å². The van der Waals surface area contributed by atoms with E-state index in [0.717, 1.165) is 23.0 Å². The molecule has 11 nitrogen and oxygen atoms in total. The summed E-state index contributed by atoms with van der Waals surface area (Å²) in [5.74, 6) is 1.26. The second-order valence-corrected chi connectivity index (χ2v) is 8.83. The van der Waals surface area contributed by atoms with Gasteiger partial charge < -0.3 is 9.30 Å². The lowest BCUT2D eigenvalue weighted by Crippen LogP contribution is -2.40. The van der Waals surface area contributed by atoms with Gasteiger partial charge in [0.05, 0.1) is 13.2 Å². The van der Waals surface area contributed by atoms with Crippen molar-refractivity contribution in [3.8, 4) is 17.4 Å². The molecular weight excluding hydrogens is 462 g/mol. The Labute approximate surface area is 206 Å². The van der Waals surface area contributed by atoms with Crippen LogP contribution in [0.2, 0.25) is 0 Å². The minimum Gasteiger partial charge on any atom is -0.476 e. The lowest BCUT2D eigenvalue weighted by molar-refractivity contribution is 0.288. The van der Waals surface area contributed by atoms with Gasteiger partial charge in [-0.25, -0.2) is 19.7 Å². The Morgan fingerprint density at radius 2 is 1.83 bits per heavy atom. The average molecular weight is 490 g/mol. The molecule has 0 atom stereocenters. The van der Waals surface area contributed by atoms with Crippen LogP contribution < -0.4 is 16.0 Å². The Hall–Kier alpha value is -4.15. The number of hydrogen-bond donors (Lipinski definition) is 0. The maximum absolute atomic E-state index is 13.7. The molecule has 3 heterocycles. The van der Waals surface area contributed by atoms with Crippen molar-refractivity contribution in [2.75, 3.05) is 13.2 Å². The van der Waals surface area contributed by atoms with Gasteiger partial charge in [-0.15, -0.1) is 0 Å². The van der Waals surface area contributed by atoms with Crippen LogP contribution in [0, 0.1) is 10.8 Å². The lowest BCUT2D eigenvalue weighted by atomic mass is 10.2. The van der Waals surface area contributed by atoms with Gasteiger partial charge >= 0.3 is 5.69 Å². The molecule has 186 valence electrons. The molecule has 1 saturated carbocycles. The van der Waals surface area contributed by atoms with E-state index < -0.39 is 11.2 Å². The molecule has 0 spiro atoms. The zero-order valence-corrected chi connectivity index (χ0v) is 20.0. The van der Waals surface area contributed by atoms with Gasteiger partial charge in [-0.05, 0) is 37.7 Å². The minimum atomic E-state index is -0.471. The summed E-state index contributed by atoms with van der Waals surface area (Å²) in [5.41, 5.74) is 0.991. The third kappa shape index (κ3) is 4.56. The maximum atomic E-state index is 13.7. The van der Waals surface area contributed by atoms with Crippen LogP contribution in [0.5, 0.6) is 5.88 Å². The fourth-order valence-corrected chi connectivity index (χ4v) is 4.23. The van der Waals surface area contributed by atoms with Crippen LogP contribution in [0.4, 0.5) is 0 Å². The number of imidazole rings is 1. The van der Waals surface area contributed by atoms with Crippen molar-refractivity contribution in [3.05, 3.63) is 74.0 Å². The molecule has 4 aromatic rings.